The zero-order chi connectivity index (χ0) is 17.9. The summed E-state index contributed by atoms with van der Waals surface area (Å²) in [6.07, 6.45) is 4.27. The van der Waals surface area contributed by atoms with E-state index < -0.39 is 5.60 Å². The van der Waals surface area contributed by atoms with Crippen LogP contribution >= 0.6 is 11.8 Å². The van der Waals surface area contributed by atoms with Crippen LogP contribution < -0.4 is 5.32 Å². The van der Waals surface area contributed by atoms with Crippen LogP contribution in [0.3, 0.4) is 0 Å². The lowest BCUT2D eigenvalue weighted by atomic mass is 10.00. The number of amides is 1. The molecule has 4 nitrogen and oxygen atoms in total. The van der Waals surface area contributed by atoms with Gasteiger partial charge in [0.2, 0.25) is 0 Å². The van der Waals surface area contributed by atoms with Crippen molar-refractivity contribution in [2.75, 3.05) is 18.8 Å². The summed E-state index contributed by atoms with van der Waals surface area (Å²) in [6.45, 7) is 7.43. The van der Waals surface area contributed by atoms with Crippen molar-refractivity contribution in [3.05, 3.63) is 29.8 Å². The van der Waals surface area contributed by atoms with Crippen molar-refractivity contribution in [2.24, 2.45) is 0 Å². The highest BCUT2D eigenvalue weighted by molar-refractivity contribution is 7.99. The molecule has 2 unspecified atom stereocenters. The van der Waals surface area contributed by atoms with Gasteiger partial charge in [0.25, 0.3) is 0 Å². The first-order valence-corrected chi connectivity index (χ1v) is 10.4. The number of carbonyl (C=O) groups excluding carboxylic acids is 1. The van der Waals surface area contributed by atoms with E-state index in [4.69, 9.17) is 4.74 Å². The Morgan fingerprint density at radius 1 is 1.28 bits per heavy atom. The van der Waals surface area contributed by atoms with Gasteiger partial charge < -0.3 is 15.0 Å². The Bertz CT molecular complexity index is 600. The highest BCUT2D eigenvalue weighted by atomic mass is 32.2. The largest absolute Gasteiger partial charge is 0.444 e. The number of nitrogens with zero attached hydrogens (tertiary/aromatic N) is 1. The molecule has 3 rings (SSSR count). The number of rotatable bonds is 3. The fourth-order valence-corrected chi connectivity index (χ4v) is 4.73. The molecule has 25 heavy (non-hydrogen) atoms. The molecule has 0 aromatic heterocycles. The second-order valence-corrected chi connectivity index (χ2v) is 9.10. The summed E-state index contributed by atoms with van der Waals surface area (Å²) in [5, 5.41) is 3.73. The number of hydrogen-bond acceptors (Lipinski definition) is 4. The van der Waals surface area contributed by atoms with Gasteiger partial charge in [-0.3, -0.25) is 0 Å². The predicted octanol–water partition coefficient (Wildman–Crippen LogP) is 4.60. The zero-order valence-electron chi connectivity index (χ0n) is 15.6. The first-order valence-electron chi connectivity index (χ1n) is 9.39. The van der Waals surface area contributed by atoms with E-state index in [9.17, 15) is 4.79 Å². The number of nitrogens with one attached hydrogen (secondary N) is 1. The molecule has 1 N–H and O–H groups in total. The van der Waals surface area contributed by atoms with Crippen LogP contribution in [-0.4, -0.2) is 41.5 Å². The van der Waals surface area contributed by atoms with E-state index in [1.165, 1.54) is 16.9 Å². The highest BCUT2D eigenvalue weighted by Crippen LogP contribution is 2.36. The van der Waals surface area contributed by atoms with Crippen LogP contribution in [0.1, 0.15) is 58.1 Å². The number of piperidine rings is 1. The maximum Gasteiger partial charge on any atom is 0.410 e. The number of benzene rings is 1. The third-order valence-corrected chi connectivity index (χ3v) is 5.94. The van der Waals surface area contributed by atoms with Gasteiger partial charge in [0.1, 0.15) is 5.60 Å². The Hall–Kier alpha value is -1.20. The van der Waals surface area contributed by atoms with Gasteiger partial charge in [0.05, 0.1) is 0 Å². The summed E-state index contributed by atoms with van der Waals surface area (Å²) in [7, 11) is 0. The van der Waals surface area contributed by atoms with Crippen molar-refractivity contribution in [2.45, 2.75) is 69.0 Å². The summed E-state index contributed by atoms with van der Waals surface area (Å²) < 4.78 is 5.61. The third-order valence-electron chi connectivity index (χ3n) is 4.81. The van der Waals surface area contributed by atoms with Gasteiger partial charge in [-0.1, -0.05) is 18.2 Å². The van der Waals surface area contributed by atoms with Crippen molar-refractivity contribution >= 4 is 17.9 Å². The van der Waals surface area contributed by atoms with Crippen LogP contribution in [0.2, 0.25) is 0 Å². The lowest BCUT2D eigenvalue weighted by Crippen LogP contribution is -2.50. The van der Waals surface area contributed by atoms with Crippen LogP contribution in [0, 0.1) is 0 Å². The van der Waals surface area contributed by atoms with Crippen molar-refractivity contribution < 1.29 is 9.53 Å². The van der Waals surface area contributed by atoms with E-state index in [0.29, 0.717) is 6.04 Å². The summed E-state index contributed by atoms with van der Waals surface area (Å²) in [5.74, 6) is 1.15. The molecule has 1 saturated heterocycles. The molecule has 0 bridgehead atoms. The van der Waals surface area contributed by atoms with Crippen LogP contribution in [0.15, 0.2) is 29.2 Å². The summed E-state index contributed by atoms with van der Waals surface area (Å²) in [4.78, 5) is 15.9. The molecule has 2 aliphatic heterocycles. The summed E-state index contributed by atoms with van der Waals surface area (Å²) >= 11 is 1.94. The topological polar surface area (TPSA) is 41.6 Å². The molecule has 2 aliphatic rings. The standard InChI is InChI=1S/C20H30N2O2S/c1-20(2,3)24-19(23)22-12-7-6-8-15(22)14-21-17-11-13-25-18-10-5-4-9-16(17)18/h4-5,9-10,15,17,21H,6-8,11-14H2,1-3H3. The minimum absolute atomic E-state index is 0.168. The summed E-state index contributed by atoms with van der Waals surface area (Å²) in [5.41, 5.74) is 0.963. The predicted molar refractivity (Wildman–Crippen MR) is 103 cm³/mol. The monoisotopic (exact) mass is 362 g/mol. The number of carbonyl (C=O) groups is 1. The first-order chi connectivity index (χ1) is 11.9. The smallest absolute Gasteiger partial charge is 0.410 e. The van der Waals surface area contributed by atoms with Gasteiger partial charge in [0, 0.05) is 30.1 Å². The number of ether oxygens (including phenoxy) is 1. The fourth-order valence-electron chi connectivity index (χ4n) is 3.61. The third kappa shape index (κ3) is 4.91. The normalized spacial score (nSPS) is 23.9. The van der Waals surface area contributed by atoms with Crippen molar-refractivity contribution in [3.8, 4) is 0 Å². The molecular formula is C20H30N2O2S. The molecule has 0 radical (unpaired) electrons. The lowest BCUT2D eigenvalue weighted by molar-refractivity contribution is 0.00963. The minimum atomic E-state index is -0.438. The zero-order valence-corrected chi connectivity index (χ0v) is 16.4. The second kappa shape index (κ2) is 8.00. The van der Waals surface area contributed by atoms with Crippen molar-refractivity contribution in [3.63, 3.8) is 0 Å². The molecule has 1 aromatic carbocycles. The molecule has 1 amide bonds. The van der Waals surface area contributed by atoms with E-state index in [1.54, 1.807) is 0 Å². The number of thioether (sulfide) groups is 1. The van der Waals surface area contributed by atoms with Gasteiger partial charge >= 0.3 is 6.09 Å². The van der Waals surface area contributed by atoms with E-state index >= 15 is 0 Å². The SMILES string of the molecule is CC(C)(C)OC(=O)N1CCCCC1CNC1CCSc2ccccc21. The number of fused-ring (bicyclic) bond motifs is 1. The van der Waals surface area contributed by atoms with Crippen LogP contribution in [0.5, 0.6) is 0 Å². The number of hydrogen-bond donors (Lipinski definition) is 1. The molecular weight excluding hydrogens is 332 g/mol. The Labute approximate surface area is 155 Å². The van der Waals surface area contributed by atoms with Gasteiger partial charge in [-0.05, 0) is 63.8 Å². The molecule has 1 fully saturated rings. The molecule has 0 saturated carbocycles. The Kier molecular flexibility index (Phi) is 5.95. The highest BCUT2D eigenvalue weighted by Gasteiger charge is 2.31. The molecule has 0 spiro atoms. The minimum Gasteiger partial charge on any atom is -0.444 e. The van der Waals surface area contributed by atoms with Crippen LogP contribution in [-0.2, 0) is 4.74 Å². The maximum atomic E-state index is 12.5. The van der Waals surface area contributed by atoms with Gasteiger partial charge in [-0.15, -0.1) is 11.8 Å². The molecule has 5 heteroatoms. The maximum absolute atomic E-state index is 12.5. The van der Waals surface area contributed by atoms with E-state index in [0.717, 1.165) is 38.1 Å². The van der Waals surface area contributed by atoms with Crippen molar-refractivity contribution in [1.29, 1.82) is 0 Å². The molecule has 2 heterocycles. The Morgan fingerprint density at radius 3 is 2.88 bits per heavy atom. The van der Waals surface area contributed by atoms with Crippen LogP contribution in [0.4, 0.5) is 4.79 Å². The molecule has 0 aliphatic carbocycles. The quantitative estimate of drug-likeness (QED) is 0.853. The average Bonchev–Trinajstić information content (AvgIpc) is 2.58. The van der Waals surface area contributed by atoms with E-state index in [1.807, 2.05) is 37.4 Å². The fraction of sp³-hybridized carbons (Fsp3) is 0.650. The van der Waals surface area contributed by atoms with Gasteiger partial charge in [-0.25, -0.2) is 4.79 Å². The second-order valence-electron chi connectivity index (χ2n) is 7.96. The number of likely N-dealkylation sites (tertiary alicyclic amines) is 1. The average molecular weight is 363 g/mol. The van der Waals surface area contributed by atoms with Crippen LogP contribution in [0.25, 0.3) is 0 Å². The van der Waals surface area contributed by atoms with Gasteiger partial charge in [-0.2, -0.15) is 0 Å². The molecule has 138 valence electrons. The molecule has 1 aromatic rings. The Balaban J connectivity index is 1.62. The van der Waals surface area contributed by atoms with Crippen molar-refractivity contribution in [1.82, 2.24) is 10.2 Å². The van der Waals surface area contributed by atoms with Gasteiger partial charge in [0.15, 0.2) is 0 Å². The lowest BCUT2D eigenvalue weighted by Gasteiger charge is -2.38. The molecule has 2 atom stereocenters. The van der Waals surface area contributed by atoms with E-state index in [2.05, 4.69) is 29.6 Å². The van der Waals surface area contributed by atoms with E-state index in [-0.39, 0.29) is 12.1 Å². The summed E-state index contributed by atoms with van der Waals surface area (Å²) in [6, 6.07) is 9.28. The Morgan fingerprint density at radius 2 is 2.08 bits per heavy atom. The first kappa shape index (κ1) is 18.6.